The summed E-state index contributed by atoms with van der Waals surface area (Å²) in [5, 5.41) is 10.0. The van der Waals surface area contributed by atoms with Crippen molar-refractivity contribution in [2.24, 2.45) is 11.7 Å². The summed E-state index contributed by atoms with van der Waals surface area (Å²) in [6.45, 7) is 3.02. The Morgan fingerprint density at radius 3 is 2.67 bits per heavy atom. The number of nitrogens with zero attached hydrogens (tertiary/aromatic N) is 1. The van der Waals surface area contributed by atoms with Gasteiger partial charge in [-0.25, -0.2) is 0 Å². The van der Waals surface area contributed by atoms with Crippen molar-refractivity contribution in [1.29, 1.82) is 0 Å². The number of likely N-dealkylation sites (tertiary alicyclic amines) is 1. The Morgan fingerprint density at radius 2 is 2.20 bits per heavy atom. The maximum Gasteiger partial charge on any atom is 0.224 e. The van der Waals surface area contributed by atoms with Crippen LogP contribution >= 0.6 is 0 Å². The van der Waals surface area contributed by atoms with E-state index < -0.39 is 5.60 Å². The molecule has 4 heteroatoms. The van der Waals surface area contributed by atoms with Gasteiger partial charge in [0.25, 0.3) is 0 Å². The van der Waals surface area contributed by atoms with Gasteiger partial charge < -0.3 is 15.7 Å². The van der Waals surface area contributed by atoms with Crippen LogP contribution < -0.4 is 5.73 Å². The number of amides is 1. The summed E-state index contributed by atoms with van der Waals surface area (Å²) >= 11 is 0. The van der Waals surface area contributed by atoms with Crippen molar-refractivity contribution in [2.45, 2.75) is 44.2 Å². The standard InChI is InChI=1S/C11H20N2O2/c1-2-9(12)5-10(14)13-6-11(15,7-13)8-3-4-8/h8-9,15H,2-7,12H2,1H3. The quantitative estimate of drug-likeness (QED) is 0.694. The smallest absolute Gasteiger partial charge is 0.224 e. The third-order valence-electron chi connectivity index (χ3n) is 3.58. The summed E-state index contributed by atoms with van der Waals surface area (Å²) in [7, 11) is 0. The first-order valence-electron chi connectivity index (χ1n) is 5.81. The van der Waals surface area contributed by atoms with Crippen molar-refractivity contribution < 1.29 is 9.90 Å². The molecule has 1 aliphatic carbocycles. The zero-order chi connectivity index (χ0) is 11.1. The van der Waals surface area contributed by atoms with Gasteiger partial charge in [0.2, 0.25) is 5.91 Å². The first-order valence-corrected chi connectivity index (χ1v) is 5.81. The maximum absolute atomic E-state index is 11.7. The number of hydrogen-bond donors (Lipinski definition) is 2. The van der Waals surface area contributed by atoms with Gasteiger partial charge in [0.15, 0.2) is 0 Å². The highest BCUT2D eigenvalue weighted by molar-refractivity contribution is 5.78. The van der Waals surface area contributed by atoms with Crippen molar-refractivity contribution in [3.05, 3.63) is 0 Å². The fourth-order valence-corrected chi connectivity index (χ4v) is 2.17. The summed E-state index contributed by atoms with van der Waals surface area (Å²) in [6.07, 6.45) is 3.48. The van der Waals surface area contributed by atoms with Crippen LogP contribution in [0.15, 0.2) is 0 Å². The highest BCUT2D eigenvalue weighted by Crippen LogP contribution is 2.44. The minimum Gasteiger partial charge on any atom is -0.386 e. The summed E-state index contributed by atoms with van der Waals surface area (Å²) in [5.74, 6) is 0.538. The van der Waals surface area contributed by atoms with E-state index >= 15 is 0 Å². The maximum atomic E-state index is 11.7. The summed E-state index contributed by atoms with van der Waals surface area (Å²) in [5.41, 5.74) is 5.16. The van der Waals surface area contributed by atoms with E-state index in [0.717, 1.165) is 19.3 Å². The van der Waals surface area contributed by atoms with Crippen molar-refractivity contribution in [2.75, 3.05) is 13.1 Å². The van der Waals surface area contributed by atoms with Gasteiger partial charge in [-0.15, -0.1) is 0 Å². The number of rotatable bonds is 4. The highest BCUT2D eigenvalue weighted by Gasteiger charge is 2.53. The number of aliphatic hydroxyl groups is 1. The molecule has 0 aromatic heterocycles. The van der Waals surface area contributed by atoms with Crippen LogP contribution in [0.1, 0.15) is 32.6 Å². The fraction of sp³-hybridized carbons (Fsp3) is 0.909. The molecule has 1 heterocycles. The fourth-order valence-electron chi connectivity index (χ4n) is 2.17. The summed E-state index contributed by atoms with van der Waals surface area (Å²) in [6, 6.07) is -0.0351. The van der Waals surface area contributed by atoms with Crippen LogP contribution in [0.2, 0.25) is 0 Å². The predicted octanol–water partition coefficient (Wildman–Crippen LogP) is 0.0971. The Morgan fingerprint density at radius 1 is 1.60 bits per heavy atom. The molecule has 1 unspecified atom stereocenters. The third kappa shape index (κ3) is 2.16. The second kappa shape index (κ2) is 3.76. The Labute approximate surface area is 90.4 Å². The molecule has 0 spiro atoms. The van der Waals surface area contributed by atoms with Gasteiger partial charge >= 0.3 is 0 Å². The molecule has 86 valence electrons. The molecule has 1 saturated heterocycles. The largest absolute Gasteiger partial charge is 0.386 e. The lowest BCUT2D eigenvalue weighted by atomic mass is 9.88. The monoisotopic (exact) mass is 212 g/mol. The number of hydrogen-bond acceptors (Lipinski definition) is 3. The zero-order valence-corrected chi connectivity index (χ0v) is 9.28. The van der Waals surface area contributed by atoms with Gasteiger partial charge in [-0.2, -0.15) is 0 Å². The van der Waals surface area contributed by atoms with Gasteiger partial charge in [0, 0.05) is 12.5 Å². The molecule has 15 heavy (non-hydrogen) atoms. The number of nitrogens with two attached hydrogens (primary N) is 1. The van der Waals surface area contributed by atoms with E-state index in [1.165, 1.54) is 0 Å². The average molecular weight is 212 g/mol. The summed E-state index contributed by atoms with van der Waals surface area (Å²) < 4.78 is 0. The molecule has 1 amide bonds. The van der Waals surface area contributed by atoms with Crippen molar-refractivity contribution in [3.63, 3.8) is 0 Å². The van der Waals surface area contributed by atoms with Crippen LogP contribution in [0.25, 0.3) is 0 Å². The topological polar surface area (TPSA) is 66.6 Å². The molecule has 1 saturated carbocycles. The molecular weight excluding hydrogens is 192 g/mol. The van der Waals surface area contributed by atoms with Crippen LogP contribution in [-0.4, -0.2) is 40.6 Å². The van der Waals surface area contributed by atoms with Crippen LogP contribution in [-0.2, 0) is 4.79 Å². The van der Waals surface area contributed by atoms with E-state index in [4.69, 9.17) is 5.73 Å². The molecule has 2 rings (SSSR count). The van der Waals surface area contributed by atoms with Crippen LogP contribution in [0, 0.1) is 5.92 Å². The molecule has 0 aromatic rings. The second-order valence-corrected chi connectivity index (χ2v) is 5.00. The van der Waals surface area contributed by atoms with Gasteiger partial charge in [-0.3, -0.25) is 4.79 Å². The molecule has 4 nitrogen and oxygen atoms in total. The summed E-state index contributed by atoms with van der Waals surface area (Å²) in [4.78, 5) is 13.4. The number of carbonyl (C=O) groups is 1. The SMILES string of the molecule is CCC(N)CC(=O)N1CC(O)(C2CC2)C1. The lowest BCUT2D eigenvalue weighted by molar-refractivity contribution is -0.159. The molecule has 1 aliphatic heterocycles. The Kier molecular flexibility index (Phi) is 2.73. The van der Waals surface area contributed by atoms with E-state index in [1.54, 1.807) is 4.90 Å². The molecular formula is C11H20N2O2. The molecule has 2 aliphatic rings. The lowest BCUT2D eigenvalue weighted by Crippen LogP contribution is -2.65. The van der Waals surface area contributed by atoms with Crippen LogP contribution in [0.5, 0.6) is 0 Å². The van der Waals surface area contributed by atoms with Crippen molar-refractivity contribution in [1.82, 2.24) is 4.90 Å². The van der Waals surface area contributed by atoms with Crippen LogP contribution in [0.4, 0.5) is 0 Å². The average Bonchev–Trinajstić information content (AvgIpc) is 2.95. The molecule has 1 atom stereocenters. The van der Waals surface area contributed by atoms with E-state index in [9.17, 15) is 9.90 Å². The minimum atomic E-state index is -0.564. The highest BCUT2D eigenvalue weighted by atomic mass is 16.3. The molecule has 0 bridgehead atoms. The minimum absolute atomic E-state index is 0.0351. The Balaban J connectivity index is 1.76. The van der Waals surface area contributed by atoms with Crippen LogP contribution in [0.3, 0.4) is 0 Å². The lowest BCUT2D eigenvalue weighted by Gasteiger charge is -2.47. The number of β-amino-alcohol motifs (C(OH)–C–C–N with tert-alkyl or cyclic N) is 1. The first-order chi connectivity index (χ1) is 7.05. The van der Waals surface area contributed by atoms with Gasteiger partial charge in [-0.05, 0) is 25.2 Å². The zero-order valence-electron chi connectivity index (χ0n) is 9.28. The van der Waals surface area contributed by atoms with Gasteiger partial charge in [0.05, 0.1) is 13.1 Å². The Hall–Kier alpha value is -0.610. The van der Waals surface area contributed by atoms with E-state index in [1.807, 2.05) is 6.92 Å². The Bertz CT molecular complexity index is 257. The van der Waals surface area contributed by atoms with E-state index in [-0.39, 0.29) is 11.9 Å². The van der Waals surface area contributed by atoms with Gasteiger partial charge in [0.1, 0.15) is 5.60 Å². The molecule has 2 fully saturated rings. The molecule has 3 N–H and O–H groups in total. The van der Waals surface area contributed by atoms with Gasteiger partial charge in [-0.1, -0.05) is 6.92 Å². The van der Waals surface area contributed by atoms with Crippen molar-refractivity contribution >= 4 is 5.91 Å². The molecule has 0 aromatic carbocycles. The first kappa shape index (κ1) is 10.9. The number of carbonyl (C=O) groups excluding carboxylic acids is 1. The molecule has 0 radical (unpaired) electrons. The van der Waals surface area contributed by atoms with Crippen molar-refractivity contribution in [3.8, 4) is 0 Å². The second-order valence-electron chi connectivity index (χ2n) is 5.00. The van der Waals surface area contributed by atoms with E-state index in [0.29, 0.717) is 25.4 Å². The third-order valence-corrected chi connectivity index (χ3v) is 3.58. The normalized spacial score (nSPS) is 25.9. The predicted molar refractivity (Wildman–Crippen MR) is 57.1 cm³/mol. The van der Waals surface area contributed by atoms with E-state index in [2.05, 4.69) is 0 Å².